The van der Waals surface area contributed by atoms with Crippen molar-refractivity contribution < 1.29 is 9.13 Å². The average Bonchev–Trinajstić information content (AvgIpc) is 2.82. The third-order valence-corrected chi connectivity index (χ3v) is 3.45. The quantitative estimate of drug-likeness (QED) is 0.804. The van der Waals surface area contributed by atoms with E-state index in [1.54, 1.807) is 24.3 Å². The first-order valence-electron chi connectivity index (χ1n) is 6.85. The van der Waals surface area contributed by atoms with Crippen LogP contribution in [0.5, 0.6) is 5.75 Å². The Morgan fingerprint density at radius 3 is 2.64 bits per heavy atom. The molecule has 4 nitrogen and oxygen atoms in total. The molecule has 0 aliphatic rings. The van der Waals surface area contributed by atoms with Gasteiger partial charge in [-0.05, 0) is 23.3 Å². The van der Waals surface area contributed by atoms with Crippen LogP contribution in [0, 0.1) is 5.95 Å². The minimum Gasteiger partial charge on any atom is -0.497 e. The molecule has 112 valence electrons. The molecular weight excluding hydrogens is 283 g/mol. The van der Waals surface area contributed by atoms with Crippen LogP contribution >= 0.6 is 0 Å². The van der Waals surface area contributed by atoms with Crippen LogP contribution in [-0.4, -0.2) is 16.9 Å². The van der Waals surface area contributed by atoms with Crippen molar-refractivity contribution in [2.24, 2.45) is 0 Å². The largest absolute Gasteiger partial charge is 0.497 e. The molecule has 1 heterocycles. The summed E-state index contributed by atoms with van der Waals surface area (Å²) in [5.41, 5.74) is 0.964. The molecule has 0 atom stereocenters. The Kier molecular flexibility index (Phi) is 3.78. The molecular formula is C17H15FN2O2. The summed E-state index contributed by atoms with van der Waals surface area (Å²) in [5.74, 6) is -0.00536. The van der Waals surface area contributed by atoms with Crippen LogP contribution in [-0.2, 0) is 6.54 Å². The number of aromatic nitrogens is 2. The summed E-state index contributed by atoms with van der Waals surface area (Å²) in [6.07, 6.45) is 0. The first kappa shape index (κ1) is 14.1. The Morgan fingerprint density at radius 2 is 1.91 bits per heavy atom. The lowest BCUT2D eigenvalue weighted by molar-refractivity contribution is 0.415. The minimum absolute atomic E-state index is 0.0230. The van der Waals surface area contributed by atoms with Crippen LogP contribution in [0.3, 0.4) is 0 Å². The van der Waals surface area contributed by atoms with Crippen LogP contribution in [0.25, 0.3) is 11.1 Å². The fourth-order valence-electron chi connectivity index (χ4n) is 2.36. The second-order valence-electron chi connectivity index (χ2n) is 4.91. The Bertz CT molecular complexity index is 837. The summed E-state index contributed by atoms with van der Waals surface area (Å²) in [6, 6.07) is 16.2. The van der Waals surface area contributed by atoms with Crippen molar-refractivity contribution in [3.05, 3.63) is 76.5 Å². The molecule has 0 spiro atoms. The Hall–Kier alpha value is -2.82. The van der Waals surface area contributed by atoms with Crippen LogP contribution in [0.4, 0.5) is 4.39 Å². The van der Waals surface area contributed by atoms with Crippen molar-refractivity contribution in [1.29, 1.82) is 0 Å². The van der Waals surface area contributed by atoms with Gasteiger partial charge in [0.1, 0.15) is 11.3 Å². The van der Waals surface area contributed by atoms with Gasteiger partial charge in [0.2, 0.25) is 5.95 Å². The van der Waals surface area contributed by atoms with Crippen LogP contribution < -0.4 is 10.3 Å². The second-order valence-corrected chi connectivity index (χ2v) is 4.91. The van der Waals surface area contributed by atoms with E-state index in [1.165, 1.54) is 11.8 Å². The Balaban J connectivity index is 2.01. The van der Waals surface area contributed by atoms with E-state index in [0.29, 0.717) is 11.3 Å². The lowest BCUT2D eigenvalue weighted by Crippen LogP contribution is -2.08. The van der Waals surface area contributed by atoms with Crippen LogP contribution in [0.2, 0.25) is 0 Å². The van der Waals surface area contributed by atoms with E-state index in [2.05, 4.69) is 5.10 Å². The fraction of sp³-hybridized carbons (Fsp3) is 0.118. The number of ether oxygens (including phenoxy) is 1. The molecule has 3 aromatic rings. The summed E-state index contributed by atoms with van der Waals surface area (Å²) in [5, 5.41) is 2.54. The number of hydrogen-bond donors (Lipinski definition) is 1. The number of nitrogens with zero attached hydrogens (tertiary/aromatic N) is 1. The van der Waals surface area contributed by atoms with Gasteiger partial charge in [-0.3, -0.25) is 14.6 Å². The molecule has 5 heteroatoms. The molecule has 0 amide bonds. The van der Waals surface area contributed by atoms with Gasteiger partial charge in [-0.25, -0.2) is 0 Å². The van der Waals surface area contributed by atoms with Crippen molar-refractivity contribution >= 4 is 0 Å². The number of rotatable bonds is 4. The van der Waals surface area contributed by atoms with Crippen molar-refractivity contribution in [1.82, 2.24) is 9.78 Å². The maximum absolute atomic E-state index is 14.6. The smallest absolute Gasteiger partial charge is 0.275 e. The number of nitrogens with one attached hydrogen (secondary N) is 1. The van der Waals surface area contributed by atoms with E-state index in [1.807, 2.05) is 30.3 Å². The summed E-state index contributed by atoms with van der Waals surface area (Å²) in [4.78, 5) is 12.1. The molecule has 0 aliphatic carbocycles. The van der Waals surface area contributed by atoms with Gasteiger partial charge in [0, 0.05) is 0 Å². The van der Waals surface area contributed by atoms with E-state index >= 15 is 0 Å². The van der Waals surface area contributed by atoms with Crippen molar-refractivity contribution in [2.45, 2.75) is 6.54 Å². The third-order valence-electron chi connectivity index (χ3n) is 3.45. The minimum atomic E-state index is -0.581. The van der Waals surface area contributed by atoms with Crippen LogP contribution in [0.1, 0.15) is 5.56 Å². The Morgan fingerprint density at radius 1 is 1.14 bits per heavy atom. The zero-order valence-corrected chi connectivity index (χ0v) is 12.0. The molecule has 0 saturated carbocycles. The van der Waals surface area contributed by atoms with Crippen LogP contribution in [0.15, 0.2) is 59.4 Å². The lowest BCUT2D eigenvalue weighted by atomic mass is 10.1. The maximum atomic E-state index is 14.6. The van der Waals surface area contributed by atoms with E-state index < -0.39 is 11.5 Å². The zero-order valence-electron chi connectivity index (χ0n) is 12.0. The van der Waals surface area contributed by atoms with Gasteiger partial charge >= 0.3 is 0 Å². The molecule has 0 radical (unpaired) electrons. The molecule has 1 N–H and O–H groups in total. The van der Waals surface area contributed by atoms with Gasteiger partial charge in [-0.1, -0.05) is 42.5 Å². The second kappa shape index (κ2) is 5.89. The summed E-state index contributed by atoms with van der Waals surface area (Å²) in [6.45, 7) is 0.270. The van der Waals surface area contributed by atoms with Crippen molar-refractivity contribution in [3.8, 4) is 16.9 Å². The van der Waals surface area contributed by atoms with Gasteiger partial charge in [-0.15, -0.1) is 0 Å². The zero-order chi connectivity index (χ0) is 15.5. The maximum Gasteiger partial charge on any atom is 0.275 e. The highest BCUT2D eigenvalue weighted by molar-refractivity contribution is 5.64. The molecule has 0 saturated heterocycles. The summed E-state index contributed by atoms with van der Waals surface area (Å²) in [7, 11) is 1.53. The predicted octanol–water partition coefficient (Wildman–Crippen LogP) is 3.04. The average molecular weight is 298 g/mol. The van der Waals surface area contributed by atoms with E-state index in [9.17, 15) is 9.18 Å². The molecule has 1 aromatic heterocycles. The van der Waals surface area contributed by atoms with Gasteiger partial charge < -0.3 is 4.74 Å². The monoisotopic (exact) mass is 298 g/mol. The number of methoxy groups -OCH3 is 1. The molecule has 0 bridgehead atoms. The first-order valence-corrected chi connectivity index (χ1v) is 6.85. The van der Waals surface area contributed by atoms with E-state index in [0.717, 1.165) is 5.56 Å². The van der Waals surface area contributed by atoms with Crippen molar-refractivity contribution in [3.63, 3.8) is 0 Å². The molecule has 22 heavy (non-hydrogen) atoms. The molecule has 3 rings (SSSR count). The summed E-state index contributed by atoms with van der Waals surface area (Å²) >= 11 is 0. The van der Waals surface area contributed by atoms with Gasteiger partial charge in [0.05, 0.1) is 13.7 Å². The highest BCUT2D eigenvalue weighted by atomic mass is 19.1. The number of hydrogen-bond acceptors (Lipinski definition) is 2. The number of aromatic amines is 1. The SMILES string of the molecule is COc1cccc(-c2c(F)n(Cc3ccccc3)[nH]c2=O)c1. The molecule has 0 fully saturated rings. The molecule has 0 unspecified atom stereocenters. The normalized spacial score (nSPS) is 10.6. The van der Waals surface area contributed by atoms with Gasteiger partial charge in [0.15, 0.2) is 0 Å². The highest BCUT2D eigenvalue weighted by Gasteiger charge is 2.17. The third kappa shape index (κ3) is 2.65. The lowest BCUT2D eigenvalue weighted by Gasteiger charge is -2.04. The first-order chi connectivity index (χ1) is 10.7. The van der Waals surface area contributed by atoms with Gasteiger partial charge in [-0.2, -0.15) is 4.39 Å². The molecule has 0 aliphatic heterocycles. The fourth-order valence-corrected chi connectivity index (χ4v) is 2.36. The van der Waals surface area contributed by atoms with Gasteiger partial charge in [0.25, 0.3) is 5.56 Å². The highest BCUT2D eigenvalue weighted by Crippen LogP contribution is 2.23. The molecule has 2 aromatic carbocycles. The number of benzene rings is 2. The number of H-pyrrole nitrogens is 1. The Labute approximate surface area is 126 Å². The van der Waals surface area contributed by atoms with E-state index in [-0.39, 0.29) is 12.1 Å². The predicted molar refractivity (Wildman–Crippen MR) is 82.5 cm³/mol. The topological polar surface area (TPSA) is 47.0 Å². The standard InChI is InChI=1S/C17H15FN2O2/c1-22-14-9-5-8-13(10-14)15-16(18)20(19-17(15)21)11-12-6-3-2-4-7-12/h2-10H,11H2,1H3,(H,19,21). The summed E-state index contributed by atoms with van der Waals surface area (Å²) < 4.78 is 20.9. The van der Waals surface area contributed by atoms with Crippen molar-refractivity contribution in [2.75, 3.05) is 7.11 Å². The van der Waals surface area contributed by atoms with E-state index in [4.69, 9.17) is 4.74 Å². The number of halogens is 1.